The highest BCUT2D eigenvalue weighted by molar-refractivity contribution is 5.94. The number of phenolic OH excluding ortho intramolecular Hbond substituents is 1. The Balaban J connectivity index is 2.45. The van der Waals surface area contributed by atoms with Gasteiger partial charge in [0.05, 0.1) is 18.3 Å². The second-order valence-electron chi connectivity index (χ2n) is 3.82. The van der Waals surface area contributed by atoms with E-state index in [2.05, 4.69) is 5.32 Å². The molecule has 0 saturated heterocycles. The summed E-state index contributed by atoms with van der Waals surface area (Å²) in [7, 11) is 1.47. The molecule has 0 bridgehead atoms. The van der Waals surface area contributed by atoms with Crippen molar-refractivity contribution in [1.82, 2.24) is 5.32 Å². The molecule has 0 heterocycles. The lowest BCUT2D eigenvalue weighted by Gasteiger charge is -2.10. The van der Waals surface area contributed by atoms with Crippen molar-refractivity contribution in [1.29, 1.82) is 0 Å². The Kier molecular flexibility index (Phi) is 5.54. The number of ether oxygens (including phenoxy) is 1. The van der Waals surface area contributed by atoms with Gasteiger partial charge in [0.15, 0.2) is 0 Å². The van der Waals surface area contributed by atoms with Crippen molar-refractivity contribution in [2.24, 2.45) is 0 Å². The molecule has 0 spiro atoms. The van der Waals surface area contributed by atoms with Crippen LogP contribution in [0.4, 0.5) is 4.39 Å². The summed E-state index contributed by atoms with van der Waals surface area (Å²) in [5, 5.41) is 20.8. The van der Waals surface area contributed by atoms with E-state index in [0.29, 0.717) is 6.42 Å². The molecule has 0 aromatic heterocycles. The molecular weight excluding hydrogens is 241 g/mol. The van der Waals surface area contributed by atoms with E-state index in [4.69, 9.17) is 9.84 Å². The third kappa shape index (κ3) is 4.31. The van der Waals surface area contributed by atoms with Crippen LogP contribution < -0.4 is 5.32 Å². The number of carbonyl (C=O) groups is 1. The molecule has 0 saturated carbocycles. The smallest absolute Gasteiger partial charge is 0.254 e. The number of rotatable bonds is 6. The summed E-state index contributed by atoms with van der Waals surface area (Å²) in [6.07, 6.45) is -0.348. The van der Waals surface area contributed by atoms with E-state index in [0.717, 1.165) is 6.07 Å². The van der Waals surface area contributed by atoms with E-state index in [9.17, 15) is 14.3 Å². The summed E-state index contributed by atoms with van der Waals surface area (Å²) in [6, 6.07) is 3.30. The number of phenols is 1. The van der Waals surface area contributed by atoms with Crippen molar-refractivity contribution in [3.05, 3.63) is 29.6 Å². The zero-order chi connectivity index (χ0) is 13.5. The Hall–Kier alpha value is -1.66. The maximum absolute atomic E-state index is 13.3. The maximum atomic E-state index is 13.3. The summed E-state index contributed by atoms with van der Waals surface area (Å²) in [5.41, 5.74) is -0.144. The van der Waals surface area contributed by atoms with Crippen molar-refractivity contribution < 1.29 is 24.1 Å². The maximum Gasteiger partial charge on any atom is 0.254 e. The number of nitrogens with one attached hydrogen (secondary N) is 1. The number of aromatic hydroxyl groups is 1. The molecule has 1 aromatic rings. The Morgan fingerprint density at radius 3 is 2.89 bits per heavy atom. The van der Waals surface area contributed by atoms with E-state index in [1.807, 2.05) is 0 Å². The molecule has 3 N–H and O–H groups in total. The highest BCUT2D eigenvalue weighted by Crippen LogP contribution is 2.14. The van der Waals surface area contributed by atoms with Crippen molar-refractivity contribution >= 4 is 5.91 Å². The predicted molar refractivity (Wildman–Crippen MR) is 62.9 cm³/mol. The van der Waals surface area contributed by atoms with Gasteiger partial charge in [0, 0.05) is 19.7 Å². The molecule has 0 aliphatic heterocycles. The standard InChI is InChI=1S/C12H16FNO4/c1-18-7-9(16)4-5-14-12(17)10-3-2-8(15)6-11(10)13/h2-3,6,9,15-16H,4-5,7H2,1H3,(H,14,17). The summed E-state index contributed by atoms with van der Waals surface area (Å²) in [5.74, 6) is -1.61. The van der Waals surface area contributed by atoms with Gasteiger partial charge in [-0.25, -0.2) is 4.39 Å². The van der Waals surface area contributed by atoms with Gasteiger partial charge in [0.2, 0.25) is 0 Å². The number of benzene rings is 1. The Bertz CT molecular complexity index is 411. The fourth-order valence-corrected chi connectivity index (χ4v) is 1.41. The summed E-state index contributed by atoms with van der Waals surface area (Å²) >= 11 is 0. The van der Waals surface area contributed by atoms with Crippen LogP contribution in [0.3, 0.4) is 0 Å². The molecule has 1 atom stereocenters. The van der Waals surface area contributed by atoms with Gasteiger partial charge in [-0.2, -0.15) is 0 Å². The lowest BCUT2D eigenvalue weighted by molar-refractivity contribution is 0.0587. The molecule has 0 fully saturated rings. The molecule has 0 radical (unpaired) electrons. The summed E-state index contributed by atoms with van der Waals surface area (Å²) in [6.45, 7) is 0.396. The van der Waals surface area contributed by atoms with Gasteiger partial charge in [-0.1, -0.05) is 0 Å². The third-order valence-corrected chi connectivity index (χ3v) is 2.32. The number of hydrogen-bond donors (Lipinski definition) is 3. The molecule has 5 nitrogen and oxygen atoms in total. The number of aliphatic hydroxyl groups is 1. The average molecular weight is 257 g/mol. The first-order chi connectivity index (χ1) is 8.54. The Morgan fingerprint density at radius 1 is 1.56 bits per heavy atom. The lowest BCUT2D eigenvalue weighted by atomic mass is 10.2. The normalized spacial score (nSPS) is 12.2. The van der Waals surface area contributed by atoms with E-state index in [-0.39, 0.29) is 24.5 Å². The van der Waals surface area contributed by atoms with Gasteiger partial charge in [-0.15, -0.1) is 0 Å². The zero-order valence-corrected chi connectivity index (χ0v) is 10.0. The van der Waals surface area contributed by atoms with Crippen LogP contribution in [-0.4, -0.2) is 42.5 Å². The number of hydrogen-bond acceptors (Lipinski definition) is 4. The van der Waals surface area contributed by atoms with Crippen molar-refractivity contribution in [3.8, 4) is 5.75 Å². The first-order valence-electron chi connectivity index (χ1n) is 5.48. The number of halogens is 1. The van der Waals surface area contributed by atoms with Crippen molar-refractivity contribution in [2.75, 3.05) is 20.3 Å². The topological polar surface area (TPSA) is 78.8 Å². The van der Waals surface area contributed by atoms with Crippen LogP contribution in [0.1, 0.15) is 16.8 Å². The van der Waals surface area contributed by atoms with Crippen LogP contribution in [0.5, 0.6) is 5.75 Å². The van der Waals surface area contributed by atoms with Gasteiger partial charge in [-0.05, 0) is 18.6 Å². The van der Waals surface area contributed by atoms with Gasteiger partial charge in [0.25, 0.3) is 5.91 Å². The molecule has 1 rings (SSSR count). The average Bonchev–Trinajstić information content (AvgIpc) is 2.29. The molecule has 6 heteroatoms. The van der Waals surface area contributed by atoms with E-state index in [1.165, 1.54) is 19.2 Å². The molecule has 1 aromatic carbocycles. The third-order valence-electron chi connectivity index (χ3n) is 2.32. The van der Waals surface area contributed by atoms with Crippen molar-refractivity contribution in [2.45, 2.75) is 12.5 Å². The second kappa shape index (κ2) is 6.93. The SMILES string of the molecule is COCC(O)CCNC(=O)c1ccc(O)cc1F. The highest BCUT2D eigenvalue weighted by Gasteiger charge is 2.12. The molecular formula is C12H16FNO4. The van der Waals surface area contributed by atoms with Gasteiger partial charge in [-0.3, -0.25) is 4.79 Å². The van der Waals surface area contributed by atoms with E-state index in [1.54, 1.807) is 0 Å². The molecule has 100 valence electrons. The Morgan fingerprint density at radius 2 is 2.28 bits per heavy atom. The fraction of sp³-hybridized carbons (Fsp3) is 0.417. The molecule has 0 aliphatic rings. The van der Waals surface area contributed by atoms with E-state index >= 15 is 0 Å². The monoisotopic (exact) mass is 257 g/mol. The van der Waals surface area contributed by atoms with E-state index < -0.39 is 17.8 Å². The number of carbonyl (C=O) groups excluding carboxylic acids is 1. The van der Waals surface area contributed by atoms with Crippen LogP contribution in [0, 0.1) is 5.82 Å². The number of amides is 1. The van der Waals surface area contributed by atoms with Gasteiger partial charge < -0.3 is 20.3 Å². The molecule has 1 unspecified atom stereocenters. The van der Waals surface area contributed by atoms with Crippen LogP contribution in [-0.2, 0) is 4.74 Å². The molecule has 0 aliphatic carbocycles. The van der Waals surface area contributed by atoms with Gasteiger partial charge in [0.1, 0.15) is 11.6 Å². The largest absolute Gasteiger partial charge is 0.508 e. The Labute approximate surface area is 104 Å². The van der Waals surface area contributed by atoms with Crippen LogP contribution in [0.25, 0.3) is 0 Å². The minimum atomic E-state index is -0.787. The predicted octanol–water partition coefficient (Wildman–Crippen LogP) is 0.658. The van der Waals surface area contributed by atoms with Crippen molar-refractivity contribution in [3.63, 3.8) is 0 Å². The minimum Gasteiger partial charge on any atom is -0.508 e. The highest BCUT2D eigenvalue weighted by atomic mass is 19.1. The van der Waals surface area contributed by atoms with Crippen LogP contribution in [0.15, 0.2) is 18.2 Å². The van der Waals surface area contributed by atoms with Crippen LogP contribution in [0.2, 0.25) is 0 Å². The number of methoxy groups -OCH3 is 1. The molecule has 1 amide bonds. The fourth-order valence-electron chi connectivity index (χ4n) is 1.41. The zero-order valence-electron chi connectivity index (χ0n) is 10.0. The quantitative estimate of drug-likeness (QED) is 0.699. The summed E-state index contributed by atoms with van der Waals surface area (Å²) < 4.78 is 18.0. The number of aliphatic hydroxyl groups excluding tert-OH is 1. The van der Waals surface area contributed by atoms with Gasteiger partial charge >= 0.3 is 0 Å². The second-order valence-corrected chi connectivity index (χ2v) is 3.82. The lowest BCUT2D eigenvalue weighted by Crippen LogP contribution is -2.29. The summed E-state index contributed by atoms with van der Waals surface area (Å²) in [4.78, 5) is 11.6. The minimum absolute atomic E-state index is 0.144. The molecule has 18 heavy (non-hydrogen) atoms. The van der Waals surface area contributed by atoms with Crippen LogP contribution >= 0.6 is 0 Å². The first-order valence-corrected chi connectivity index (χ1v) is 5.48. The first kappa shape index (κ1) is 14.4.